The highest BCUT2D eigenvalue weighted by Crippen LogP contribution is 2.28. The van der Waals surface area contributed by atoms with Gasteiger partial charge in [-0.2, -0.15) is 0 Å². The fourth-order valence-electron chi connectivity index (χ4n) is 3.27. The van der Waals surface area contributed by atoms with Crippen molar-refractivity contribution in [2.45, 2.75) is 45.1 Å². The number of ketones is 2. The van der Waals surface area contributed by atoms with Gasteiger partial charge in [0.1, 0.15) is 5.78 Å². The molecule has 9 heteroatoms. The highest BCUT2D eigenvalue weighted by Gasteiger charge is 2.37. The molecule has 26 heavy (non-hydrogen) atoms. The van der Waals surface area contributed by atoms with Gasteiger partial charge >= 0.3 is 11.7 Å². The summed E-state index contributed by atoms with van der Waals surface area (Å²) in [6, 6.07) is 0. The lowest BCUT2D eigenvalue weighted by molar-refractivity contribution is -0.140. The first-order chi connectivity index (χ1) is 12.3. The number of carbonyl (C=O) groups is 3. The van der Waals surface area contributed by atoms with E-state index in [9.17, 15) is 19.2 Å². The molecule has 144 valence electrons. The third-order valence-electron chi connectivity index (χ3n) is 4.72. The molecular weight excluding hydrogens is 342 g/mol. The molecule has 1 saturated carbocycles. The van der Waals surface area contributed by atoms with Gasteiger partial charge in [-0.05, 0) is 26.9 Å². The third-order valence-corrected chi connectivity index (χ3v) is 4.72. The minimum Gasteiger partial charge on any atom is -0.481 e. The molecule has 0 bridgehead atoms. The number of carboxylic acids is 1. The molecule has 0 radical (unpaired) electrons. The van der Waals surface area contributed by atoms with Crippen molar-refractivity contribution in [1.29, 1.82) is 0 Å². The Bertz CT molecular complexity index is 714. The number of carboxylic acid groups (broad SMARTS) is 1. The van der Waals surface area contributed by atoms with Crippen LogP contribution in [0.15, 0.2) is 9.32 Å². The fourth-order valence-corrected chi connectivity index (χ4v) is 3.27. The predicted octanol–water partition coefficient (Wildman–Crippen LogP) is 0.821. The Hall–Kier alpha value is -2.29. The quantitative estimate of drug-likeness (QED) is 0.503. The summed E-state index contributed by atoms with van der Waals surface area (Å²) in [7, 11) is 3.61. The average Bonchev–Trinajstić information content (AvgIpc) is 2.98. The van der Waals surface area contributed by atoms with Crippen LogP contribution >= 0.6 is 0 Å². The molecule has 0 amide bonds. The molecule has 0 unspecified atom stereocenters. The Morgan fingerprint density at radius 3 is 2.50 bits per heavy atom. The number of rotatable bonds is 9. The number of carbonyl (C=O) groups excluding carboxylic acids is 2. The van der Waals surface area contributed by atoms with Crippen molar-refractivity contribution in [3.63, 3.8) is 0 Å². The SMILES string of the molecule is CN(C)CCn1c(C(=O)[C@H](CC(=O)O)C(=O)C2CCCCC2)noc1=O. The zero-order chi connectivity index (χ0) is 19.3. The molecular formula is C17H25N3O6. The third kappa shape index (κ3) is 4.87. The summed E-state index contributed by atoms with van der Waals surface area (Å²) in [5, 5.41) is 12.7. The van der Waals surface area contributed by atoms with Crippen molar-refractivity contribution < 1.29 is 24.0 Å². The molecule has 1 heterocycles. The first kappa shape index (κ1) is 20.0. The van der Waals surface area contributed by atoms with E-state index in [1.807, 2.05) is 4.90 Å². The van der Waals surface area contributed by atoms with E-state index >= 15 is 0 Å². The standard InChI is InChI=1S/C17H25N3O6/c1-19(2)8-9-20-16(18-26-17(20)25)15(24)12(10-13(21)22)14(23)11-6-4-3-5-7-11/h11-12H,3-10H2,1-2H3,(H,21,22)/t12-/m1/s1. The van der Waals surface area contributed by atoms with Crippen LogP contribution in [0.4, 0.5) is 0 Å². The second kappa shape index (κ2) is 8.88. The highest BCUT2D eigenvalue weighted by atomic mass is 16.5. The summed E-state index contributed by atoms with van der Waals surface area (Å²) in [4.78, 5) is 50.5. The lowest BCUT2D eigenvalue weighted by atomic mass is 9.79. The van der Waals surface area contributed by atoms with E-state index in [-0.39, 0.29) is 24.1 Å². The van der Waals surface area contributed by atoms with Crippen LogP contribution in [0.5, 0.6) is 0 Å². The van der Waals surface area contributed by atoms with Crippen molar-refractivity contribution >= 4 is 17.5 Å². The van der Waals surface area contributed by atoms with Gasteiger partial charge in [-0.1, -0.05) is 24.4 Å². The largest absolute Gasteiger partial charge is 0.481 e. The number of likely N-dealkylation sites (N-methyl/N-ethyl adjacent to an activating group) is 1. The number of aliphatic carboxylic acids is 1. The van der Waals surface area contributed by atoms with Gasteiger partial charge in [-0.3, -0.25) is 23.5 Å². The molecule has 1 aromatic heterocycles. The summed E-state index contributed by atoms with van der Waals surface area (Å²) in [5.74, 6) is -5.10. The van der Waals surface area contributed by atoms with Crippen molar-refractivity contribution in [1.82, 2.24) is 14.6 Å². The van der Waals surface area contributed by atoms with Gasteiger partial charge in [0.2, 0.25) is 11.6 Å². The van der Waals surface area contributed by atoms with Crippen LogP contribution in [0.25, 0.3) is 0 Å². The predicted molar refractivity (Wildman–Crippen MR) is 91.0 cm³/mol. The molecule has 0 aromatic carbocycles. The molecule has 1 aliphatic rings. The van der Waals surface area contributed by atoms with Crippen LogP contribution in [-0.2, 0) is 16.1 Å². The minimum absolute atomic E-state index is 0.161. The molecule has 1 aromatic rings. The number of hydrogen-bond acceptors (Lipinski definition) is 7. The Morgan fingerprint density at radius 2 is 1.92 bits per heavy atom. The van der Waals surface area contributed by atoms with E-state index in [0.717, 1.165) is 23.8 Å². The summed E-state index contributed by atoms with van der Waals surface area (Å²) >= 11 is 0. The van der Waals surface area contributed by atoms with Crippen LogP contribution in [0, 0.1) is 11.8 Å². The van der Waals surface area contributed by atoms with E-state index in [1.54, 1.807) is 14.1 Å². The molecule has 0 aliphatic heterocycles. The van der Waals surface area contributed by atoms with E-state index in [1.165, 1.54) is 0 Å². The van der Waals surface area contributed by atoms with Gasteiger partial charge < -0.3 is 10.0 Å². The van der Waals surface area contributed by atoms with Crippen LogP contribution in [0.3, 0.4) is 0 Å². The van der Waals surface area contributed by atoms with Gasteiger partial charge in [0.15, 0.2) is 0 Å². The van der Waals surface area contributed by atoms with Gasteiger partial charge in [0.25, 0.3) is 0 Å². The second-order valence-corrected chi connectivity index (χ2v) is 6.98. The maximum atomic E-state index is 12.9. The maximum absolute atomic E-state index is 12.9. The van der Waals surface area contributed by atoms with Gasteiger partial charge in [-0.25, -0.2) is 4.79 Å². The lowest BCUT2D eigenvalue weighted by Crippen LogP contribution is -2.35. The topological polar surface area (TPSA) is 123 Å². The number of nitrogens with zero attached hydrogens (tertiary/aromatic N) is 3. The van der Waals surface area contributed by atoms with Crippen molar-refractivity contribution in [2.75, 3.05) is 20.6 Å². The highest BCUT2D eigenvalue weighted by molar-refractivity contribution is 6.11. The molecule has 9 nitrogen and oxygen atoms in total. The number of hydrogen-bond donors (Lipinski definition) is 1. The lowest BCUT2D eigenvalue weighted by Gasteiger charge is -2.23. The van der Waals surface area contributed by atoms with Crippen LogP contribution < -0.4 is 5.76 Å². The first-order valence-electron chi connectivity index (χ1n) is 8.82. The smallest absolute Gasteiger partial charge is 0.441 e. The molecule has 0 spiro atoms. The van der Waals surface area contributed by atoms with Gasteiger partial charge in [0.05, 0.1) is 12.3 Å². The summed E-state index contributed by atoms with van der Waals surface area (Å²) in [5.41, 5.74) is 0. The second-order valence-electron chi connectivity index (χ2n) is 6.98. The van der Waals surface area contributed by atoms with E-state index in [0.29, 0.717) is 19.4 Å². The Kier molecular flexibility index (Phi) is 6.84. The molecule has 1 atom stereocenters. The minimum atomic E-state index is -1.34. The van der Waals surface area contributed by atoms with Crippen molar-refractivity contribution in [3.8, 4) is 0 Å². The monoisotopic (exact) mass is 367 g/mol. The van der Waals surface area contributed by atoms with Gasteiger partial charge in [0, 0.05) is 19.0 Å². The number of aromatic nitrogens is 2. The average molecular weight is 367 g/mol. The number of Topliss-reactive ketones (excluding diaryl/α,β-unsaturated/α-hetero) is 2. The van der Waals surface area contributed by atoms with Crippen molar-refractivity contribution in [2.24, 2.45) is 11.8 Å². The van der Waals surface area contributed by atoms with E-state index in [2.05, 4.69) is 9.68 Å². The normalized spacial score (nSPS) is 16.6. The molecule has 1 aliphatic carbocycles. The Labute approximate surface area is 150 Å². The zero-order valence-electron chi connectivity index (χ0n) is 15.1. The van der Waals surface area contributed by atoms with E-state index in [4.69, 9.17) is 5.11 Å². The van der Waals surface area contributed by atoms with Crippen LogP contribution in [0.2, 0.25) is 0 Å². The van der Waals surface area contributed by atoms with Crippen LogP contribution in [-0.4, -0.2) is 57.9 Å². The maximum Gasteiger partial charge on any atom is 0.441 e. The summed E-state index contributed by atoms with van der Waals surface area (Å²) < 4.78 is 5.65. The Morgan fingerprint density at radius 1 is 1.27 bits per heavy atom. The zero-order valence-corrected chi connectivity index (χ0v) is 15.1. The summed E-state index contributed by atoms with van der Waals surface area (Å²) in [6.07, 6.45) is 3.53. The molecule has 1 N–H and O–H groups in total. The molecule has 0 saturated heterocycles. The van der Waals surface area contributed by atoms with Crippen molar-refractivity contribution in [3.05, 3.63) is 16.4 Å². The molecule has 1 fully saturated rings. The van der Waals surface area contributed by atoms with Crippen LogP contribution in [0.1, 0.15) is 49.1 Å². The first-order valence-corrected chi connectivity index (χ1v) is 8.82. The molecule has 2 rings (SSSR count). The summed E-state index contributed by atoms with van der Waals surface area (Å²) in [6.45, 7) is 0.620. The Balaban J connectivity index is 2.27. The van der Waals surface area contributed by atoms with E-state index < -0.39 is 29.8 Å². The van der Waals surface area contributed by atoms with Gasteiger partial charge in [-0.15, -0.1) is 0 Å². The fraction of sp³-hybridized carbons (Fsp3) is 0.706.